The van der Waals surface area contributed by atoms with Gasteiger partial charge in [0.2, 0.25) is 0 Å². The molecule has 0 aliphatic rings. The summed E-state index contributed by atoms with van der Waals surface area (Å²) in [6, 6.07) is 13.9. The minimum atomic E-state index is 0.150. The van der Waals surface area contributed by atoms with Gasteiger partial charge in [0.1, 0.15) is 5.75 Å². The molecular formula is C19H22ClNO. The molecule has 0 bridgehead atoms. The summed E-state index contributed by atoms with van der Waals surface area (Å²) in [4.78, 5) is 4.52. The molecule has 2 rings (SSSR count). The summed E-state index contributed by atoms with van der Waals surface area (Å²) in [7, 11) is 0. The van der Waals surface area contributed by atoms with Crippen LogP contribution in [-0.4, -0.2) is 12.8 Å². The standard InChI is InChI=1S/C19H22ClNO/c1-5-22-18-11-8-16(20)12-14(18)13-21-17-9-6-15(7-10-17)19(2,3)4/h6-13H,5H2,1-4H3. The van der Waals surface area contributed by atoms with E-state index >= 15 is 0 Å². The van der Waals surface area contributed by atoms with Gasteiger partial charge in [0.15, 0.2) is 0 Å². The molecule has 0 aliphatic carbocycles. The van der Waals surface area contributed by atoms with E-state index in [4.69, 9.17) is 16.3 Å². The van der Waals surface area contributed by atoms with Crippen molar-refractivity contribution in [2.75, 3.05) is 6.61 Å². The summed E-state index contributed by atoms with van der Waals surface area (Å²) in [5.74, 6) is 0.793. The van der Waals surface area contributed by atoms with E-state index in [9.17, 15) is 0 Å². The predicted octanol–water partition coefficient (Wildman–Crippen LogP) is 5.79. The first-order valence-electron chi connectivity index (χ1n) is 7.47. The van der Waals surface area contributed by atoms with Crippen molar-refractivity contribution in [1.29, 1.82) is 0 Å². The zero-order chi connectivity index (χ0) is 16.2. The van der Waals surface area contributed by atoms with Gasteiger partial charge in [-0.25, -0.2) is 0 Å². The molecule has 0 fully saturated rings. The minimum Gasteiger partial charge on any atom is -0.493 e. The summed E-state index contributed by atoms with van der Waals surface area (Å²) in [6.45, 7) is 9.17. The molecule has 3 heteroatoms. The predicted molar refractivity (Wildman–Crippen MR) is 95.0 cm³/mol. The Morgan fingerprint density at radius 3 is 2.36 bits per heavy atom. The maximum absolute atomic E-state index is 6.05. The van der Waals surface area contributed by atoms with Crippen LogP contribution in [0.4, 0.5) is 5.69 Å². The van der Waals surface area contributed by atoms with Gasteiger partial charge in [-0.05, 0) is 48.2 Å². The number of benzene rings is 2. The molecule has 0 radical (unpaired) electrons. The Bertz CT molecular complexity index is 654. The fraction of sp³-hybridized carbons (Fsp3) is 0.316. The van der Waals surface area contributed by atoms with E-state index in [2.05, 4.69) is 37.9 Å². The van der Waals surface area contributed by atoms with Gasteiger partial charge < -0.3 is 4.74 Å². The number of rotatable bonds is 4. The average Bonchev–Trinajstić information content (AvgIpc) is 2.47. The third-order valence-corrected chi connectivity index (χ3v) is 3.59. The van der Waals surface area contributed by atoms with Crippen molar-refractivity contribution in [3.8, 4) is 5.75 Å². The lowest BCUT2D eigenvalue weighted by molar-refractivity contribution is 0.340. The van der Waals surface area contributed by atoms with Gasteiger partial charge in [0.05, 0.1) is 12.3 Å². The summed E-state index contributed by atoms with van der Waals surface area (Å²) in [5.41, 5.74) is 3.24. The van der Waals surface area contributed by atoms with Crippen LogP contribution in [0.15, 0.2) is 47.5 Å². The van der Waals surface area contributed by atoms with Crippen LogP contribution in [0.5, 0.6) is 5.75 Å². The molecule has 2 nitrogen and oxygen atoms in total. The highest BCUT2D eigenvalue weighted by atomic mass is 35.5. The molecule has 0 atom stereocenters. The second-order valence-corrected chi connectivity index (χ2v) is 6.61. The van der Waals surface area contributed by atoms with Crippen LogP contribution < -0.4 is 4.74 Å². The zero-order valence-corrected chi connectivity index (χ0v) is 14.3. The van der Waals surface area contributed by atoms with E-state index in [1.165, 1.54) is 5.56 Å². The fourth-order valence-corrected chi connectivity index (χ4v) is 2.28. The van der Waals surface area contributed by atoms with Crippen molar-refractivity contribution in [1.82, 2.24) is 0 Å². The maximum Gasteiger partial charge on any atom is 0.128 e. The quantitative estimate of drug-likeness (QED) is 0.655. The van der Waals surface area contributed by atoms with E-state index in [0.29, 0.717) is 11.6 Å². The number of hydrogen-bond donors (Lipinski definition) is 0. The molecule has 0 spiro atoms. The van der Waals surface area contributed by atoms with Crippen LogP contribution in [0.3, 0.4) is 0 Å². The molecule has 0 aliphatic heterocycles. The van der Waals surface area contributed by atoms with Crippen LogP contribution >= 0.6 is 11.6 Å². The van der Waals surface area contributed by atoms with Crippen LogP contribution in [-0.2, 0) is 5.41 Å². The number of nitrogens with zero attached hydrogens (tertiary/aromatic N) is 1. The van der Waals surface area contributed by atoms with Crippen molar-refractivity contribution >= 4 is 23.5 Å². The minimum absolute atomic E-state index is 0.150. The normalized spacial score (nSPS) is 11.9. The average molecular weight is 316 g/mol. The van der Waals surface area contributed by atoms with Gasteiger partial charge in [-0.1, -0.05) is 44.5 Å². The third-order valence-electron chi connectivity index (χ3n) is 3.36. The number of halogens is 1. The number of ether oxygens (including phenoxy) is 1. The second-order valence-electron chi connectivity index (χ2n) is 6.17. The first-order valence-corrected chi connectivity index (χ1v) is 7.85. The lowest BCUT2D eigenvalue weighted by atomic mass is 9.87. The Kier molecular flexibility index (Phi) is 5.25. The number of aliphatic imine (C=N–C) groups is 1. The SMILES string of the molecule is CCOc1ccc(Cl)cc1C=Nc1ccc(C(C)(C)C)cc1. The van der Waals surface area contributed by atoms with Crippen molar-refractivity contribution in [3.05, 3.63) is 58.6 Å². The fourth-order valence-electron chi connectivity index (χ4n) is 2.10. The van der Waals surface area contributed by atoms with Gasteiger partial charge in [-0.15, -0.1) is 0 Å². The van der Waals surface area contributed by atoms with E-state index in [-0.39, 0.29) is 5.41 Å². The molecule has 0 unspecified atom stereocenters. The van der Waals surface area contributed by atoms with Crippen LogP contribution in [0.1, 0.15) is 38.8 Å². The molecule has 116 valence electrons. The highest BCUT2D eigenvalue weighted by Crippen LogP contribution is 2.25. The van der Waals surface area contributed by atoms with Crippen LogP contribution in [0, 0.1) is 0 Å². The molecule has 22 heavy (non-hydrogen) atoms. The lowest BCUT2D eigenvalue weighted by Crippen LogP contribution is -2.10. The highest BCUT2D eigenvalue weighted by molar-refractivity contribution is 6.30. The first kappa shape index (κ1) is 16.6. The molecule has 0 saturated carbocycles. The molecule has 0 saturated heterocycles. The molecule has 0 heterocycles. The Morgan fingerprint density at radius 1 is 1.09 bits per heavy atom. The second kappa shape index (κ2) is 6.97. The lowest BCUT2D eigenvalue weighted by Gasteiger charge is -2.18. The monoisotopic (exact) mass is 315 g/mol. The molecule has 0 aromatic heterocycles. The van der Waals surface area contributed by atoms with Gasteiger partial charge >= 0.3 is 0 Å². The largest absolute Gasteiger partial charge is 0.493 e. The molecular weight excluding hydrogens is 294 g/mol. The van der Waals surface area contributed by atoms with Crippen molar-refractivity contribution < 1.29 is 4.74 Å². The van der Waals surface area contributed by atoms with E-state index < -0.39 is 0 Å². The molecule has 2 aromatic rings. The van der Waals surface area contributed by atoms with E-state index in [0.717, 1.165) is 17.0 Å². The van der Waals surface area contributed by atoms with Gasteiger partial charge in [0.25, 0.3) is 0 Å². The van der Waals surface area contributed by atoms with Crippen LogP contribution in [0.25, 0.3) is 0 Å². The molecule has 0 amide bonds. The van der Waals surface area contributed by atoms with Crippen LogP contribution in [0.2, 0.25) is 5.02 Å². The summed E-state index contributed by atoms with van der Waals surface area (Å²) < 4.78 is 5.59. The van der Waals surface area contributed by atoms with E-state index in [1.54, 1.807) is 6.21 Å². The highest BCUT2D eigenvalue weighted by Gasteiger charge is 2.12. The Labute approximate surface area is 137 Å². The smallest absolute Gasteiger partial charge is 0.128 e. The maximum atomic E-state index is 6.05. The van der Waals surface area contributed by atoms with Crippen molar-refractivity contribution in [3.63, 3.8) is 0 Å². The van der Waals surface area contributed by atoms with Gasteiger partial charge in [-0.2, -0.15) is 0 Å². The summed E-state index contributed by atoms with van der Waals surface area (Å²) in [6.07, 6.45) is 1.79. The van der Waals surface area contributed by atoms with Crippen molar-refractivity contribution in [2.45, 2.75) is 33.1 Å². The Hall–Kier alpha value is -1.80. The van der Waals surface area contributed by atoms with E-state index in [1.807, 2.05) is 37.3 Å². The molecule has 2 aromatic carbocycles. The van der Waals surface area contributed by atoms with Gasteiger partial charge in [0, 0.05) is 16.8 Å². The van der Waals surface area contributed by atoms with Crippen molar-refractivity contribution in [2.24, 2.45) is 4.99 Å². The molecule has 0 N–H and O–H groups in total. The number of hydrogen-bond acceptors (Lipinski definition) is 2. The Morgan fingerprint density at radius 2 is 1.77 bits per heavy atom. The van der Waals surface area contributed by atoms with Gasteiger partial charge in [-0.3, -0.25) is 4.99 Å². The summed E-state index contributed by atoms with van der Waals surface area (Å²) in [5, 5.41) is 0.674. The topological polar surface area (TPSA) is 21.6 Å². The third kappa shape index (κ3) is 4.35. The summed E-state index contributed by atoms with van der Waals surface area (Å²) >= 11 is 6.05. The zero-order valence-electron chi connectivity index (χ0n) is 13.6. The first-order chi connectivity index (χ1) is 10.4. The Balaban J connectivity index is 2.23.